The standard InChI is InChI=1S/C37H48N2O10S2.2BrH/c1-24-32(50-22-38(24)20-26-16-28(42-3)36(46-7)29(17-26)43-4)12-14-48-34(40)10-9-11-35(41)49-15-13-33-25(2)39(23-51-33)21-27-18-30(44-5)37(47-8)31(19-27)45-6;;/h16-19,22-23H,9-15,20-21H2,1-8H3;2*1H/q+2;;/p-2. The lowest BCUT2D eigenvalue weighted by molar-refractivity contribution is -0.689. The summed E-state index contributed by atoms with van der Waals surface area (Å²) >= 11 is 3.24. The van der Waals surface area contributed by atoms with E-state index < -0.39 is 0 Å². The maximum Gasteiger partial charge on any atom is 0.305 e. The van der Waals surface area contributed by atoms with Crippen molar-refractivity contribution >= 4 is 34.6 Å². The predicted octanol–water partition coefficient (Wildman–Crippen LogP) is -0.800. The molecule has 0 aliphatic rings. The first kappa shape index (κ1) is 45.6. The number of esters is 2. The zero-order valence-corrected chi connectivity index (χ0v) is 36.2. The molecule has 4 rings (SSSR count). The summed E-state index contributed by atoms with van der Waals surface area (Å²) in [6, 6.07) is 7.74. The second-order valence-electron chi connectivity index (χ2n) is 11.6. The number of ether oxygens (including phenoxy) is 8. The SMILES string of the molecule is COc1cc(C[n+]2csc(CCOC(=O)CCCC(=O)OCCc3sc[n+](Cc4cc(OC)c(OC)c(OC)c4)c3C)c2C)cc(OC)c1OC.[Br-].[Br-]. The van der Waals surface area contributed by atoms with Gasteiger partial charge in [0, 0.05) is 50.7 Å². The van der Waals surface area contributed by atoms with Crippen LogP contribution in [0.3, 0.4) is 0 Å². The molecule has 0 aliphatic carbocycles. The largest absolute Gasteiger partial charge is 1.00 e. The molecule has 0 saturated carbocycles. The van der Waals surface area contributed by atoms with E-state index in [-0.39, 0.29) is 72.0 Å². The summed E-state index contributed by atoms with van der Waals surface area (Å²) in [6.07, 6.45) is 1.90. The number of benzene rings is 2. The van der Waals surface area contributed by atoms with Crippen LogP contribution in [0.2, 0.25) is 0 Å². The first-order valence-electron chi connectivity index (χ1n) is 16.5. The predicted molar refractivity (Wildman–Crippen MR) is 192 cm³/mol. The van der Waals surface area contributed by atoms with Crippen LogP contribution in [0.4, 0.5) is 0 Å². The molecule has 0 N–H and O–H groups in total. The van der Waals surface area contributed by atoms with E-state index >= 15 is 0 Å². The van der Waals surface area contributed by atoms with E-state index in [9.17, 15) is 9.59 Å². The second kappa shape index (κ2) is 22.6. The van der Waals surface area contributed by atoms with Gasteiger partial charge in [-0.25, -0.2) is 0 Å². The highest BCUT2D eigenvalue weighted by molar-refractivity contribution is 7.09. The van der Waals surface area contributed by atoms with Gasteiger partial charge in [-0.05, 0) is 30.7 Å². The molecule has 16 heteroatoms. The Bertz CT molecular complexity index is 1620. The molecular formula is C37H48Br2N2O10S2. The van der Waals surface area contributed by atoms with Crippen molar-refractivity contribution in [2.24, 2.45) is 0 Å². The normalized spacial score (nSPS) is 10.4. The molecule has 4 aromatic rings. The van der Waals surface area contributed by atoms with Gasteiger partial charge < -0.3 is 71.9 Å². The van der Waals surface area contributed by atoms with Crippen LogP contribution in [0, 0.1) is 13.8 Å². The molecule has 292 valence electrons. The van der Waals surface area contributed by atoms with E-state index in [4.69, 9.17) is 37.9 Å². The Kier molecular flexibility index (Phi) is 19.4. The van der Waals surface area contributed by atoms with Crippen LogP contribution in [0.15, 0.2) is 35.3 Å². The molecule has 0 radical (unpaired) electrons. The number of thiazole rings is 2. The van der Waals surface area contributed by atoms with E-state index in [2.05, 4.69) is 20.2 Å². The third kappa shape index (κ3) is 12.2. The van der Waals surface area contributed by atoms with E-state index in [1.165, 1.54) is 0 Å². The van der Waals surface area contributed by atoms with Gasteiger partial charge in [0.15, 0.2) is 47.5 Å². The van der Waals surface area contributed by atoms with Gasteiger partial charge in [-0.15, -0.1) is 0 Å². The summed E-state index contributed by atoms with van der Waals surface area (Å²) in [4.78, 5) is 27.0. The van der Waals surface area contributed by atoms with Gasteiger partial charge in [0.1, 0.15) is 0 Å². The van der Waals surface area contributed by atoms with Crippen molar-refractivity contribution in [2.75, 3.05) is 55.9 Å². The van der Waals surface area contributed by atoms with Gasteiger partial charge >= 0.3 is 11.9 Å². The quantitative estimate of drug-likeness (QED) is 0.0826. The lowest BCUT2D eigenvalue weighted by atomic mass is 10.1. The zero-order valence-electron chi connectivity index (χ0n) is 31.4. The molecule has 0 bridgehead atoms. The molecule has 12 nitrogen and oxygen atoms in total. The Hall–Kier alpha value is -3.60. The van der Waals surface area contributed by atoms with Crippen molar-refractivity contribution in [1.29, 1.82) is 0 Å². The summed E-state index contributed by atoms with van der Waals surface area (Å²) in [6.45, 7) is 5.89. The minimum absolute atomic E-state index is 0. The van der Waals surface area contributed by atoms with Crippen LogP contribution in [0.25, 0.3) is 0 Å². The van der Waals surface area contributed by atoms with Gasteiger partial charge in [-0.3, -0.25) is 9.59 Å². The monoisotopic (exact) mass is 902 g/mol. The molecule has 0 amide bonds. The third-order valence-corrected chi connectivity index (χ3v) is 10.7. The number of rotatable bonds is 20. The average Bonchev–Trinajstić information content (AvgIpc) is 3.66. The summed E-state index contributed by atoms with van der Waals surface area (Å²) in [5.74, 6) is 2.88. The molecule has 0 spiro atoms. The van der Waals surface area contributed by atoms with Crippen molar-refractivity contribution in [3.63, 3.8) is 0 Å². The van der Waals surface area contributed by atoms with Gasteiger partial charge in [0.25, 0.3) is 0 Å². The van der Waals surface area contributed by atoms with E-state index in [0.717, 1.165) is 32.3 Å². The summed E-state index contributed by atoms with van der Waals surface area (Å²) in [5.41, 5.74) is 8.31. The van der Waals surface area contributed by atoms with Gasteiger partial charge in [0.2, 0.25) is 22.5 Å². The van der Waals surface area contributed by atoms with Gasteiger partial charge in [0.05, 0.1) is 65.6 Å². The topological polar surface area (TPSA) is 116 Å². The van der Waals surface area contributed by atoms with Crippen molar-refractivity contribution in [3.05, 3.63) is 67.6 Å². The molecule has 2 aromatic heterocycles. The van der Waals surface area contributed by atoms with Gasteiger partial charge in [-0.2, -0.15) is 9.13 Å². The highest BCUT2D eigenvalue weighted by atomic mass is 79.9. The molecule has 53 heavy (non-hydrogen) atoms. The fourth-order valence-electron chi connectivity index (χ4n) is 5.58. The van der Waals surface area contributed by atoms with E-state index in [0.29, 0.717) is 66.8 Å². The lowest BCUT2D eigenvalue weighted by Gasteiger charge is -2.13. The number of carbonyl (C=O) groups excluding carboxylic acids is 2. The van der Waals surface area contributed by atoms with Crippen LogP contribution in [-0.2, 0) is 45.0 Å². The van der Waals surface area contributed by atoms with Crippen LogP contribution in [0.5, 0.6) is 34.5 Å². The number of aromatic nitrogens is 2. The maximum atomic E-state index is 12.4. The number of halogens is 2. The molecule has 0 unspecified atom stereocenters. The average molecular weight is 905 g/mol. The summed E-state index contributed by atoms with van der Waals surface area (Å²) in [5, 5.41) is 0. The molecule has 0 atom stereocenters. The summed E-state index contributed by atoms with van der Waals surface area (Å²) < 4.78 is 48.0. The van der Waals surface area contributed by atoms with Crippen LogP contribution < -0.4 is 71.5 Å². The molecule has 2 heterocycles. The number of methoxy groups -OCH3 is 6. The number of nitrogens with zero attached hydrogens (tertiary/aromatic N) is 2. The van der Waals surface area contributed by atoms with Crippen LogP contribution in [-0.4, -0.2) is 67.8 Å². The summed E-state index contributed by atoms with van der Waals surface area (Å²) in [7, 11) is 9.55. The highest BCUT2D eigenvalue weighted by Crippen LogP contribution is 2.39. The Labute approximate surface area is 340 Å². The van der Waals surface area contributed by atoms with Gasteiger partial charge in [-0.1, -0.05) is 22.7 Å². The van der Waals surface area contributed by atoms with Crippen molar-refractivity contribution in [2.45, 2.75) is 59.0 Å². The first-order valence-corrected chi connectivity index (χ1v) is 18.2. The molecular weight excluding hydrogens is 856 g/mol. The Morgan fingerprint density at radius 3 is 1.21 bits per heavy atom. The third-order valence-electron chi connectivity index (χ3n) is 8.41. The molecule has 0 fully saturated rings. The number of hydrogen-bond acceptors (Lipinski definition) is 12. The van der Waals surface area contributed by atoms with Crippen LogP contribution >= 0.6 is 22.7 Å². The van der Waals surface area contributed by atoms with Crippen molar-refractivity contribution in [1.82, 2.24) is 0 Å². The second-order valence-corrected chi connectivity index (χ2v) is 13.5. The Morgan fingerprint density at radius 1 is 0.566 bits per heavy atom. The van der Waals surface area contributed by atoms with Crippen LogP contribution in [0.1, 0.15) is 51.5 Å². The minimum atomic E-state index is -0.326. The highest BCUT2D eigenvalue weighted by Gasteiger charge is 2.21. The smallest absolute Gasteiger partial charge is 0.305 e. The Morgan fingerprint density at radius 2 is 0.906 bits per heavy atom. The fourth-order valence-corrected chi connectivity index (χ4v) is 7.53. The minimum Gasteiger partial charge on any atom is -1.00 e. The number of hydrogen-bond donors (Lipinski definition) is 0. The molecule has 2 aromatic carbocycles. The first-order chi connectivity index (χ1) is 24.6. The van der Waals surface area contributed by atoms with E-state index in [1.54, 1.807) is 65.3 Å². The zero-order chi connectivity index (χ0) is 36.9. The number of carbonyl (C=O) groups is 2. The molecule has 0 saturated heterocycles. The van der Waals surface area contributed by atoms with E-state index in [1.807, 2.05) is 38.1 Å². The molecule has 0 aliphatic heterocycles. The maximum absolute atomic E-state index is 12.4. The Balaban J connectivity index is 0.00000486. The van der Waals surface area contributed by atoms with Crippen molar-refractivity contribution < 1.29 is 90.6 Å². The fraction of sp³-hybridized carbons (Fsp3) is 0.459. The van der Waals surface area contributed by atoms with Crippen molar-refractivity contribution in [3.8, 4) is 34.5 Å². The lowest BCUT2D eigenvalue weighted by Crippen LogP contribution is -3.00.